The van der Waals surface area contributed by atoms with Crippen molar-refractivity contribution in [3.8, 4) is 0 Å². The van der Waals surface area contributed by atoms with Crippen molar-refractivity contribution in [2.45, 2.75) is 60.3 Å². The molecule has 0 spiro atoms. The van der Waals surface area contributed by atoms with E-state index < -0.39 is 5.97 Å². The number of carbonyl (C=O) groups is 1. The van der Waals surface area contributed by atoms with Crippen LogP contribution in [0.15, 0.2) is 0 Å². The minimum Gasteiger partial charge on any atom is -0.481 e. The van der Waals surface area contributed by atoms with Crippen LogP contribution >= 0.6 is 0 Å². The lowest BCUT2D eigenvalue weighted by Crippen LogP contribution is -2.02. The Hall–Kier alpha value is -0.650. The fourth-order valence-electron chi connectivity index (χ4n) is 1.00. The number of carboxylic acids is 1. The molecule has 0 unspecified atom stereocenters. The van der Waals surface area contributed by atoms with Gasteiger partial charge >= 0.3 is 0 Å². The molecule has 0 aliphatic carbocycles. The second-order valence-corrected chi connectivity index (χ2v) is 4.23. The maximum atomic E-state index is 9.00. The second kappa shape index (κ2) is 27.7. The summed E-state index contributed by atoms with van der Waals surface area (Å²) in [5.74, 6) is -0.833. The minimum absolute atomic E-state index is 0.727. The number of carboxylic acid groups (broad SMARTS) is 1. The molecule has 5 nitrogen and oxygen atoms in total. The predicted molar refractivity (Wildman–Crippen MR) is 86.9 cm³/mol. The number of ether oxygens (including phenoxy) is 3. The lowest BCUT2D eigenvalue weighted by Gasteiger charge is -1.99. The molecule has 0 heterocycles. The third-order valence-electron chi connectivity index (χ3n) is 2.06. The molecule has 0 saturated heterocycles. The maximum absolute atomic E-state index is 9.00. The van der Waals surface area contributed by atoms with Crippen LogP contribution < -0.4 is 0 Å². The van der Waals surface area contributed by atoms with E-state index >= 15 is 0 Å². The van der Waals surface area contributed by atoms with E-state index in [1.165, 1.54) is 25.7 Å². The number of rotatable bonds is 11. The zero-order valence-electron chi connectivity index (χ0n) is 14.7. The molecule has 0 amide bonds. The number of aliphatic carboxylic acids is 1. The summed E-state index contributed by atoms with van der Waals surface area (Å²) in [7, 11) is 0. The molecule has 0 rings (SSSR count). The highest BCUT2D eigenvalue weighted by Gasteiger charge is 1.84. The Balaban J connectivity index is -0.000000249. The van der Waals surface area contributed by atoms with Crippen LogP contribution in [0, 0.1) is 0 Å². The highest BCUT2D eigenvalue weighted by atomic mass is 16.5. The van der Waals surface area contributed by atoms with Crippen LogP contribution in [0.4, 0.5) is 0 Å². The van der Waals surface area contributed by atoms with Gasteiger partial charge < -0.3 is 19.3 Å². The van der Waals surface area contributed by atoms with Crippen LogP contribution in [0.1, 0.15) is 60.3 Å². The first-order valence-corrected chi connectivity index (χ1v) is 7.99. The Morgan fingerprint density at radius 1 is 0.762 bits per heavy atom. The molecule has 21 heavy (non-hydrogen) atoms. The van der Waals surface area contributed by atoms with Crippen LogP contribution in [-0.2, 0) is 19.0 Å². The van der Waals surface area contributed by atoms with E-state index in [0.717, 1.165) is 46.6 Å². The molecule has 0 fully saturated rings. The van der Waals surface area contributed by atoms with E-state index in [0.29, 0.717) is 0 Å². The summed E-state index contributed by atoms with van der Waals surface area (Å²) in [5, 5.41) is 7.42. The Bertz CT molecular complexity index is 158. The van der Waals surface area contributed by atoms with Gasteiger partial charge in [0.05, 0.1) is 13.2 Å². The van der Waals surface area contributed by atoms with E-state index in [4.69, 9.17) is 24.1 Å². The predicted octanol–water partition coefficient (Wildman–Crippen LogP) is 3.75. The van der Waals surface area contributed by atoms with Gasteiger partial charge in [0.15, 0.2) is 0 Å². The summed E-state index contributed by atoms with van der Waals surface area (Å²) in [6, 6.07) is 0. The van der Waals surface area contributed by atoms with Crippen LogP contribution in [0.3, 0.4) is 0 Å². The second-order valence-electron chi connectivity index (χ2n) is 4.23. The molecular formula is C16H36O5. The Labute approximate surface area is 131 Å². The van der Waals surface area contributed by atoms with Crippen LogP contribution in [-0.4, -0.2) is 50.7 Å². The molecule has 0 aromatic carbocycles. The summed E-state index contributed by atoms with van der Waals surface area (Å²) >= 11 is 0. The highest BCUT2D eigenvalue weighted by Crippen LogP contribution is 1.91. The smallest absolute Gasteiger partial charge is 0.300 e. The van der Waals surface area contributed by atoms with Crippen molar-refractivity contribution in [3.63, 3.8) is 0 Å². The molecular weight excluding hydrogens is 272 g/mol. The van der Waals surface area contributed by atoms with E-state index in [1.807, 2.05) is 13.8 Å². The Kier molecular flexibility index (Phi) is 33.3. The van der Waals surface area contributed by atoms with E-state index in [-0.39, 0.29) is 0 Å². The van der Waals surface area contributed by atoms with Crippen molar-refractivity contribution in [1.82, 2.24) is 0 Å². The first kappa shape index (κ1) is 25.3. The first-order chi connectivity index (χ1) is 10.1. The van der Waals surface area contributed by atoms with E-state index in [1.54, 1.807) is 0 Å². The molecule has 0 aliphatic rings. The van der Waals surface area contributed by atoms with Gasteiger partial charge in [-0.15, -0.1) is 0 Å². The van der Waals surface area contributed by atoms with E-state index in [2.05, 4.69) is 13.8 Å². The molecule has 0 aliphatic heterocycles. The Morgan fingerprint density at radius 2 is 1.10 bits per heavy atom. The van der Waals surface area contributed by atoms with Crippen molar-refractivity contribution in [1.29, 1.82) is 0 Å². The van der Waals surface area contributed by atoms with Gasteiger partial charge in [-0.05, 0) is 26.7 Å². The summed E-state index contributed by atoms with van der Waals surface area (Å²) in [5.41, 5.74) is 0. The van der Waals surface area contributed by atoms with Gasteiger partial charge in [-0.3, -0.25) is 4.79 Å². The van der Waals surface area contributed by atoms with Crippen molar-refractivity contribution in [2.75, 3.05) is 39.6 Å². The number of hydrogen-bond donors (Lipinski definition) is 1. The SMILES string of the molecule is CC(=O)O.CCCCOCCCC.CCOCCOCC. The number of hydrogen-bond acceptors (Lipinski definition) is 4. The van der Waals surface area contributed by atoms with Gasteiger partial charge in [-0.2, -0.15) is 0 Å². The average molecular weight is 308 g/mol. The third kappa shape index (κ3) is 54.4. The van der Waals surface area contributed by atoms with Crippen molar-refractivity contribution in [2.24, 2.45) is 0 Å². The molecule has 0 radical (unpaired) electrons. The van der Waals surface area contributed by atoms with Crippen LogP contribution in [0.2, 0.25) is 0 Å². The maximum Gasteiger partial charge on any atom is 0.300 e. The van der Waals surface area contributed by atoms with E-state index in [9.17, 15) is 0 Å². The van der Waals surface area contributed by atoms with Gasteiger partial charge in [-0.25, -0.2) is 0 Å². The fourth-order valence-corrected chi connectivity index (χ4v) is 1.00. The largest absolute Gasteiger partial charge is 0.481 e. The van der Waals surface area contributed by atoms with Gasteiger partial charge in [0.1, 0.15) is 0 Å². The monoisotopic (exact) mass is 308 g/mol. The normalized spacial score (nSPS) is 9.19. The fraction of sp³-hybridized carbons (Fsp3) is 0.938. The van der Waals surface area contributed by atoms with Crippen molar-refractivity contribution in [3.05, 3.63) is 0 Å². The quantitative estimate of drug-likeness (QED) is 0.589. The standard InChI is InChI=1S/C8H18O.C6H14O2.C2H4O2/c1-3-5-7-9-8-6-4-2;1-3-7-5-6-8-4-2;1-2(3)4/h3-8H2,1-2H3;3-6H2,1-2H3;1H3,(H,3,4). The van der Waals surface area contributed by atoms with Gasteiger partial charge in [0.25, 0.3) is 5.97 Å². The molecule has 1 N–H and O–H groups in total. The number of unbranched alkanes of at least 4 members (excludes halogenated alkanes) is 2. The summed E-state index contributed by atoms with van der Waals surface area (Å²) < 4.78 is 15.3. The zero-order chi connectivity index (χ0) is 16.8. The lowest BCUT2D eigenvalue weighted by molar-refractivity contribution is -0.134. The summed E-state index contributed by atoms with van der Waals surface area (Å²) in [4.78, 5) is 9.00. The summed E-state index contributed by atoms with van der Waals surface area (Å²) in [6.07, 6.45) is 4.91. The van der Waals surface area contributed by atoms with Crippen LogP contribution in [0.5, 0.6) is 0 Å². The molecule has 0 bridgehead atoms. The Morgan fingerprint density at radius 3 is 1.33 bits per heavy atom. The molecule has 130 valence electrons. The summed E-state index contributed by atoms with van der Waals surface area (Å²) in [6.45, 7) is 14.3. The average Bonchev–Trinajstić information content (AvgIpc) is 2.44. The highest BCUT2D eigenvalue weighted by molar-refractivity contribution is 5.62. The van der Waals surface area contributed by atoms with Gasteiger partial charge in [0.2, 0.25) is 0 Å². The topological polar surface area (TPSA) is 65.0 Å². The zero-order valence-corrected chi connectivity index (χ0v) is 14.7. The van der Waals surface area contributed by atoms with Gasteiger partial charge in [0, 0.05) is 33.4 Å². The molecule has 5 heteroatoms. The minimum atomic E-state index is -0.833. The molecule has 0 aromatic heterocycles. The molecule has 0 atom stereocenters. The van der Waals surface area contributed by atoms with Crippen LogP contribution in [0.25, 0.3) is 0 Å². The lowest BCUT2D eigenvalue weighted by atomic mass is 10.3. The first-order valence-electron chi connectivity index (χ1n) is 7.99. The molecule has 0 saturated carbocycles. The van der Waals surface area contributed by atoms with Crippen molar-refractivity contribution < 1.29 is 24.1 Å². The van der Waals surface area contributed by atoms with Crippen molar-refractivity contribution >= 4 is 5.97 Å². The molecule has 0 aromatic rings. The third-order valence-corrected chi connectivity index (χ3v) is 2.06. The van der Waals surface area contributed by atoms with Gasteiger partial charge in [-0.1, -0.05) is 26.7 Å².